The van der Waals surface area contributed by atoms with Gasteiger partial charge in [0.2, 0.25) is 0 Å². The van der Waals surface area contributed by atoms with Crippen LogP contribution in [0.1, 0.15) is 5.56 Å². The summed E-state index contributed by atoms with van der Waals surface area (Å²) in [6.45, 7) is 1.40. The largest absolute Gasteiger partial charge is 0.329 e. The number of anilines is 1. The summed E-state index contributed by atoms with van der Waals surface area (Å²) in [6.07, 6.45) is 3.54. The van der Waals surface area contributed by atoms with Gasteiger partial charge in [0.05, 0.1) is 0 Å². The third-order valence-electron chi connectivity index (χ3n) is 3.86. The third-order valence-corrected chi connectivity index (χ3v) is 4.39. The number of hydrogen-bond donors (Lipinski definition) is 2. The Kier molecular flexibility index (Phi) is 5.63. The summed E-state index contributed by atoms with van der Waals surface area (Å²) in [7, 11) is 0. The van der Waals surface area contributed by atoms with E-state index in [-0.39, 0.29) is 6.03 Å². The summed E-state index contributed by atoms with van der Waals surface area (Å²) in [4.78, 5) is 18.5. The lowest BCUT2D eigenvalue weighted by Gasteiger charge is -2.23. The molecule has 3 rings (SSSR count). The van der Waals surface area contributed by atoms with Crippen molar-refractivity contribution < 1.29 is 4.79 Å². The van der Waals surface area contributed by atoms with Gasteiger partial charge < -0.3 is 16.0 Å². The molecule has 1 aromatic heterocycles. The lowest BCUT2D eigenvalue weighted by Crippen LogP contribution is -2.38. The second-order valence-corrected chi connectivity index (χ2v) is 6.62. The lowest BCUT2D eigenvalue weighted by molar-refractivity contribution is 0.210. The summed E-state index contributed by atoms with van der Waals surface area (Å²) in [5, 5.41) is 5.02. The molecule has 0 atom stereocenters. The summed E-state index contributed by atoms with van der Waals surface area (Å²) in [5.41, 5.74) is 7.48. The van der Waals surface area contributed by atoms with Crippen LogP contribution in [0.3, 0.4) is 0 Å². The number of nitrogens with two attached hydrogens (primary N) is 1. The predicted octanol–water partition coefficient (Wildman–Crippen LogP) is 3.99. The maximum atomic E-state index is 12.6. The quantitative estimate of drug-likeness (QED) is 0.682. The predicted molar refractivity (Wildman–Crippen MR) is 104 cm³/mol. The van der Waals surface area contributed by atoms with E-state index in [2.05, 4.69) is 26.2 Å². The zero-order chi connectivity index (χ0) is 17.6. The summed E-state index contributed by atoms with van der Waals surface area (Å²) < 4.78 is 1.01. The second-order valence-electron chi connectivity index (χ2n) is 5.70. The average Bonchev–Trinajstić information content (AvgIpc) is 2.63. The van der Waals surface area contributed by atoms with E-state index in [9.17, 15) is 4.79 Å². The Balaban J connectivity index is 1.73. The molecule has 0 aliphatic heterocycles. The number of urea groups is 1. The fraction of sp³-hybridized carbons (Fsp3) is 0.158. The van der Waals surface area contributed by atoms with Crippen LogP contribution in [-0.4, -0.2) is 29.0 Å². The standard InChI is InChI=1S/C19H19BrN4O/c20-17-4-1-14(2-5-17)13-24(10-8-21)19(25)23-18-6-3-16-12-22-9-7-15(16)11-18/h1-7,9,11-12H,8,10,13,21H2,(H,23,25). The molecule has 0 unspecified atom stereocenters. The molecule has 2 aromatic carbocycles. The van der Waals surface area contributed by atoms with E-state index >= 15 is 0 Å². The van der Waals surface area contributed by atoms with E-state index in [4.69, 9.17) is 5.73 Å². The van der Waals surface area contributed by atoms with Crippen LogP contribution >= 0.6 is 15.9 Å². The van der Waals surface area contributed by atoms with Crippen LogP contribution in [0.25, 0.3) is 10.8 Å². The monoisotopic (exact) mass is 398 g/mol. The Morgan fingerprint density at radius 2 is 1.92 bits per heavy atom. The molecule has 1 heterocycles. The van der Waals surface area contributed by atoms with E-state index in [0.29, 0.717) is 19.6 Å². The molecule has 2 amide bonds. The van der Waals surface area contributed by atoms with Crippen molar-refractivity contribution in [2.45, 2.75) is 6.54 Å². The molecule has 5 nitrogen and oxygen atoms in total. The van der Waals surface area contributed by atoms with Gasteiger partial charge in [0.15, 0.2) is 0 Å². The zero-order valence-corrected chi connectivity index (χ0v) is 15.2. The Bertz CT molecular complexity index is 867. The number of fused-ring (bicyclic) bond motifs is 1. The van der Waals surface area contributed by atoms with Crippen LogP contribution in [0.5, 0.6) is 0 Å². The molecule has 0 radical (unpaired) electrons. The molecular weight excluding hydrogens is 380 g/mol. The lowest BCUT2D eigenvalue weighted by atomic mass is 10.1. The Morgan fingerprint density at radius 3 is 2.68 bits per heavy atom. The Morgan fingerprint density at radius 1 is 1.12 bits per heavy atom. The molecule has 0 saturated heterocycles. The first-order valence-electron chi connectivity index (χ1n) is 8.00. The molecule has 0 spiro atoms. The van der Waals surface area contributed by atoms with Gasteiger partial charge in [0.1, 0.15) is 0 Å². The van der Waals surface area contributed by atoms with E-state index in [0.717, 1.165) is 26.5 Å². The van der Waals surface area contributed by atoms with Crippen LogP contribution < -0.4 is 11.1 Å². The molecule has 3 aromatic rings. The smallest absolute Gasteiger partial charge is 0.322 e. The number of amides is 2. The third kappa shape index (κ3) is 4.55. The number of nitrogens with zero attached hydrogens (tertiary/aromatic N) is 2. The highest BCUT2D eigenvalue weighted by Gasteiger charge is 2.13. The van der Waals surface area contributed by atoms with E-state index in [1.807, 2.05) is 48.5 Å². The number of pyridine rings is 1. The van der Waals surface area contributed by atoms with Crippen LogP contribution in [-0.2, 0) is 6.54 Å². The SMILES string of the molecule is NCCN(Cc1ccc(Br)cc1)C(=O)Nc1ccc2cnccc2c1. The number of nitrogens with one attached hydrogen (secondary N) is 1. The molecule has 0 aliphatic rings. The highest BCUT2D eigenvalue weighted by molar-refractivity contribution is 9.10. The maximum absolute atomic E-state index is 12.6. The van der Waals surface area contributed by atoms with Crippen LogP contribution in [0, 0.1) is 0 Å². The summed E-state index contributed by atoms with van der Waals surface area (Å²) in [6, 6.07) is 15.4. The van der Waals surface area contributed by atoms with Gasteiger partial charge in [-0.2, -0.15) is 0 Å². The van der Waals surface area contributed by atoms with Crippen LogP contribution in [0.2, 0.25) is 0 Å². The minimum atomic E-state index is -0.165. The summed E-state index contributed by atoms with van der Waals surface area (Å²) >= 11 is 3.42. The van der Waals surface area contributed by atoms with Crippen molar-refractivity contribution in [1.29, 1.82) is 0 Å². The van der Waals surface area contributed by atoms with Gasteiger partial charge in [-0.1, -0.05) is 34.1 Å². The summed E-state index contributed by atoms with van der Waals surface area (Å²) in [5.74, 6) is 0. The van der Waals surface area contributed by atoms with Gasteiger partial charge in [-0.25, -0.2) is 4.79 Å². The van der Waals surface area contributed by atoms with Gasteiger partial charge in [-0.05, 0) is 41.3 Å². The highest BCUT2D eigenvalue weighted by Crippen LogP contribution is 2.19. The fourth-order valence-corrected chi connectivity index (χ4v) is 2.85. The average molecular weight is 399 g/mol. The minimum Gasteiger partial charge on any atom is -0.329 e. The Labute approximate surface area is 155 Å². The number of benzene rings is 2. The Hall–Kier alpha value is -2.44. The van der Waals surface area contributed by atoms with Gasteiger partial charge in [0.25, 0.3) is 0 Å². The molecule has 128 valence electrons. The number of carbonyl (C=O) groups is 1. The van der Waals surface area contributed by atoms with Gasteiger partial charge in [-0.15, -0.1) is 0 Å². The second kappa shape index (κ2) is 8.09. The molecule has 0 saturated carbocycles. The number of aromatic nitrogens is 1. The number of rotatable bonds is 5. The fourth-order valence-electron chi connectivity index (χ4n) is 2.58. The molecule has 25 heavy (non-hydrogen) atoms. The normalized spacial score (nSPS) is 10.6. The van der Waals surface area contributed by atoms with Gasteiger partial charge >= 0.3 is 6.03 Å². The van der Waals surface area contributed by atoms with Crippen molar-refractivity contribution in [3.05, 3.63) is 71.0 Å². The maximum Gasteiger partial charge on any atom is 0.322 e. The molecule has 3 N–H and O–H groups in total. The topological polar surface area (TPSA) is 71.2 Å². The van der Waals surface area contributed by atoms with Crippen molar-refractivity contribution in [3.8, 4) is 0 Å². The van der Waals surface area contributed by atoms with Crippen LogP contribution in [0.4, 0.5) is 10.5 Å². The van der Waals surface area contributed by atoms with E-state index < -0.39 is 0 Å². The molecule has 6 heteroatoms. The zero-order valence-electron chi connectivity index (χ0n) is 13.7. The van der Waals surface area contributed by atoms with Crippen molar-refractivity contribution in [3.63, 3.8) is 0 Å². The number of hydrogen-bond acceptors (Lipinski definition) is 3. The first-order valence-corrected chi connectivity index (χ1v) is 8.79. The first-order chi connectivity index (χ1) is 12.2. The van der Waals surface area contributed by atoms with E-state index in [1.165, 1.54) is 0 Å². The van der Waals surface area contributed by atoms with Crippen molar-refractivity contribution in [2.24, 2.45) is 5.73 Å². The molecule has 0 bridgehead atoms. The van der Waals surface area contributed by atoms with Gasteiger partial charge in [0, 0.05) is 47.6 Å². The minimum absolute atomic E-state index is 0.165. The van der Waals surface area contributed by atoms with Crippen molar-refractivity contribution in [1.82, 2.24) is 9.88 Å². The van der Waals surface area contributed by atoms with Crippen molar-refractivity contribution in [2.75, 3.05) is 18.4 Å². The van der Waals surface area contributed by atoms with Crippen molar-refractivity contribution >= 4 is 38.4 Å². The van der Waals surface area contributed by atoms with Crippen LogP contribution in [0.15, 0.2) is 65.4 Å². The molecular formula is C19H19BrN4O. The number of carbonyl (C=O) groups excluding carboxylic acids is 1. The molecule has 0 aliphatic carbocycles. The van der Waals surface area contributed by atoms with E-state index in [1.54, 1.807) is 17.3 Å². The first kappa shape index (κ1) is 17.4. The molecule has 0 fully saturated rings. The number of halogens is 1. The highest BCUT2D eigenvalue weighted by atomic mass is 79.9. The van der Waals surface area contributed by atoms with Gasteiger partial charge in [-0.3, -0.25) is 4.98 Å².